The number of nitrogens with one attached hydrogen (secondary N) is 1. The molecule has 0 spiro atoms. The van der Waals surface area contributed by atoms with Crippen LogP contribution in [0.1, 0.15) is 44.9 Å². The predicted octanol–water partition coefficient (Wildman–Crippen LogP) is 3.96. The van der Waals surface area contributed by atoms with E-state index < -0.39 is 0 Å². The summed E-state index contributed by atoms with van der Waals surface area (Å²) >= 11 is 1.76. The number of thiophene rings is 1. The molecule has 1 aliphatic heterocycles. The maximum Gasteiger partial charge on any atom is 0.223 e. The van der Waals surface area contributed by atoms with Crippen LogP contribution in [0.25, 0.3) is 10.1 Å². The summed E-state index contributed by atoms with van der Waals surface area (Å²) in [5.41, 5.74) is 0. The molecule has 4 rings (SSSR count). The minimum atomic E-state index is 0.171. The first-order chi connectivity index (χ1) is 11.8. The van der Waals surface area contributed by atoms with Crippen LogP contribution >= 0.6 is 11.3 Å². The summed E-state index contributed by atoms with van der Waals surface area (Å²) in [5, 5.41) is 6.67. The van der Waals surface area contributed by atoms with Gasteiger partial charge in [-0.05, 0) is 43.2 Å². The molecule has 1 aliphatic carbocycles. The topological polar surface area (TPSA) is 45.2 Å². The Bertz CT molecular complexity index is 699. The highest BCUT2D eigenvalue weighted by Crippen LogP contribution is 2.31. The molecule has 1 saturated carbocycles. The third kappa shape index (κ3) is 3.27. The van der Waals surface area contributed by atoms with Crippen molar-refractivity contribution < 1.29 is 4.79 Å². The number of hydrogen-bond acceptors (Lipinski definition) is 4. The summed E-state index contributed by atoms with van der Waals surface area (Å²) in [5.74, 6) is 1.54. The Labute approximate surface area is 147 Å². The van der Waals surface area contributed by atoms with Crippen LogP contribution in [0.2, 0.25) is 0 Å². The molecule has 0 atom stereocenters. The number of rotatable bonds is 3. The quantitative estimate of drug-likeness (QED) is 0.917. The number of carbonyl (C=O) groups is 1. The number of hydrogen-bond donors (Lipinski definition) is 1. The molecule has 2 aromatic heterocycles. The molecule has 2 fully saturated rings. The zero-order chi connectivity index (χ0) is 16.4. The van der Waals surface area contributed by atoms with Crippen molar-refractivity contribution in [3.8, 4) is 0 Å². The molecule has 128 valence electrons. The Morgan fingerprint density at radius 1 is 1.12 bits per heavy atom. The minimum absolute atomic E-state index is 0.171. The number of carbonyl (C=O) groups excluding carboxylic acids is 1. The molecule has 4 nitrogen and oxygen atoms in total. The van der Waals surface area contributed by atoms with Crippen molar-refractivity contribution in [1.29, 1.82) is 0 Å². The molecule has 2 aliphatic rings. The van der Waals surface area contributed by atoms with Crippen LogP contribution in [-0.2, 0) is 4.79 Å². The van der Waals surface area contributed by atoms with Crippen LogP contribution in [-0.4, -0.2) is 30.0 Å². The normalized spacial score (nSPS) is 20.4. The van der Waals surface area contributed by atoms with Gasteiger partial charge >= 0.3 is 0 Å². The summed E-state index contributed by atoms with van der Waals surface area (Å²) in [4.78, 5) is 19.5. The van der Waals surface area contributed by atoms with Crippen LogP contribution in [0, 0.1) is 5.92 Å². The molecule has 3 heterocycles. The largest absolute Gasteiger partial charge is 0.356 e. The molecule has 1 amide bonds. The molecule has 5 heteroatoms. The molecular weight excluding hydrogens is 318 g/mol. The van der Waals surface area contributed by atoms with E-state index in [1.165, 1.54) is 29.3 Å². The van der Waals surface area contributed by atoms with Crippen LogP contribution in [0.5, 0.6) is 0 Å². The van der Waals surface area contributed by atoms with Crippen LogP contribution in [0.15, 0.2) is 23.7 Å². The average molecular weight is 343 g/mol. The maximum absolute atomic E-state index is 12.5. The van der Waals surface area contributed by atoms with E-state index in [4.69, 9.17) is 0 Å². The summed E-state index contributed by atoms with van der Waals surface area (Å²) in [6, 6.07) is 4.66. The van der Waals surface area contributed by atoms with Crippen molar-refractivity contribution >= 4 is 33.1 Å². The van der Waals surface area contributed by atoms with Gasteiger partial charge in [-0.25, -0.2) is 4.98 Å². The van der Waals surface area contributed by atoms with E-state index in [2.05, 4.69) is 32.7 Å². The first-order valence-corrected chi connectivity index (χ1v) is 10.1. The second kappa shape index (κ2) is 7.09. The summed E-state index contributed by atoms with van der Waals surface area (Å²) in [6.07, 6.45) is 9.94. The SMILES string of the molecule is O=C(NC1CCCCC1)C1CCN(c2nccc3sccc23)CC1. The standard InChI is InChI=1S/C19H25N3OS/c23-19(21-15-4-2-1-3-5-15)14-7-11-22(12-8-14)18-16-9-13-24-17(16)6-10-20-18/h6,9-10,13-15H,1-5,7-8,11-12H2,(H,21,23). The number of pyridine rings is 1. The number of aromatic nitrogens is 1. The van der Waals surface area contributed by atoms with Crippen molar-refractivity contribution in [3.05, 3.63) is 23.7 Å². The van der Waals surface area contributed by atoms with Gasteiger partial charge in [-0.15, -0.1) is 11.3 Å². The van der Waals surface area contributed by atoms with Gasteiger partial charge in [0.1, 0.15) is 5.82 Å². The number of anilines is 1. The Morgan fingerprint density at radius 3 is 2.71 bits per heavy atom. The molecule has 0 unspecified atom stereocenters. The third-order valence-corrected chi connectivity index (χ3v) is 6.36. The number of piperidine rings is 1. The van der Waals surface area contributed by atoms with Gasteiger partial charge in [-0.2, -0.15) is 0 Å². The Morgan fingerprint density at radius 2 is 1.92 bits per heavy atom. The van der Waals surface area contributed by atoms with Crippen molar-refractivity contribution in [3.63, 3.8) is 0 Å². The Balaban J connectivity index is 1.36. The van der Waals surface area contributed by atoms with Crippen LogP contribution < -0.4 is 10.2 Å². The molecule has 2 aromatic rings. The second-order valence-corrected chi connectivity index (χ2v) is 8.02. The lowest BCUT2D eigenvalue weighted by Gasteiger charge is -2.33. The van der Waals surface area contributed by atoms with E-state index in [1.54, 1.807) is 11.3 Å². The van der Waals surface area contributed by atoms with Gasteiger partial charge in [-0.1, -0.05) is 19.3 Å². The van der Waals surface area contributed by atoms with Gasteiger partial charge in [0.05, 0.1) is 0 Å². The van der Waals surface area contributed by atoms with Gasteiger partial charge in [-0.3, -0.25) is 4.79 Å². The third-order valence-electron chi connectivity index (χ3n) is 5.48. The van der Waals surface area contributed by atoms with E-state index in [9.17, 15) is 4.79 Å². The summed E-state index contributed by atoms with van der Waals surface area (Å²) in [7, 11) is 0. The zero-order valence-electron chi connectivity index (χ0n) is 14.0. The van der Waals surface area contributed by atoms with E-state index >= 15 is 0 Å². The van der Waals surface area contributed by atoms with Crippen molar-refractivity contribution in [2.75, 3.05) is 18.0 Å². The van der Waals surface area contributed by atoms with Gasteiger partial charge in [0.2, 0.25) is 5.91 Å². The molecule has 1 saturated heterocycles. The van der Waals surface area contributed by atoms with Crippen molar-refractivity contribution in [2.45, 2.75) is 51.0 Å². The minimum Gasteiger partial charge on any atom is -0.356 e. The molecule has 24 heavy (non-hydrogen) atoms. The van der Waals surface area contributed by atoms with Gasteiger partial charge in [0.25, 0.3) is 0 Å². The van der Waals surface area contributed by atoms with E-state index in [0.717, 1.165) is 44.6 Å². The van der Waals surface area contributed by atoms with Gasteiger partial charge < -0.3 is 10.2 Å². The molecular formula is C19H25N3OS. The van der Waals surface area contributed by atoms with Crippen molar-refractivity contribution in [1.82, 2.24) is 10.3 Å². The van der Waals surface area contributed by atoms with Crippen LogP contribution in [0.4, 0.5) is 5.82 Å². The lowest BCUT2D eigenvalue weighted by Crippen LogP contribution is -2.44. The first kappa shape index (κ1) is 15.9. The van der Waals surface area contributed by atoms with E-state index in [1.807, 2.05) is 6.20 Å². The lowest BCUT2D eigenvalue weighted by molar-refractivity contribution is -0.126. The van der Waals surface area contributed by atoms with Gasteiger partial charge in [0, 0.05) is 41.3 Å². The fraction of sp³-hybridized carbons (Fsp3) is 0.579. The maximum atomic E-state index is 12.5. The fourth-order valence-electron chi connectivity index (χ4n) is 4.05. The average Bonchev–Trinajstić information content (AvgIpc) is 3.11. The Kier molecular flexibility index (Phi) is 4.69. The van der Waals surface area contributed by atoms with Crippen LogP contribution in [0.3, 0.4) is 0 Å². The smallest absolute Gasteiger partial charge is 0.223 e. The van der Waals surface area contributed by atoms with E-state index in [-0.39, 0.29) is 11.8 Å². The molecule has 0 aromatic carbocycles. The second-order valence-electron chi connectivity index (χ2n) is 7.07. The number of nitrogens with zero attached hydrogens (tertiary/aromatic N) is 2. The zero-order valence-corrected chi connectivity index (χ0v) is 14.9. The Hall–Kier alpha value is -1.62. The summed E-state index contributed by atoms with van der Waals surface area (Å²) < 4.78 is 1.29. The molecule has 0 bridgehead atoms. The molecule has 0 radical (unpaired) electrons. The highest BCUT2D eigenvalue weighted by Gasteiger charge is 2.28. The highest BCUT2D eigenvalue weighted by atomic mass is 32.1. The monoisotopic (exact) mass is 343 g/mol. The number of amides is 1. The highest BCUT2D eigenvalue weighted by molar-refractivity contribution is 7.17. The van der Waals surface area contributed by atoms with Gasteiger partial charge in [0.15, 0.2) is 0 Å². The summed E-state index contributed by atoms with van der Waals surface area (Å²) in [6.45, 7) is 1.84. The molecule has 1 N–H and O–H groups in total. The van der Waals surface area contributed by atoms with E-state index in [0.29, 0.717) is 6.04 Å². The first-order valence-electron chi connectivity index (χ1n) is 9.19. The fourth-order valence-corrected chi connectivity index (χ4v) is 4.83. The predicted molar refractivity (Wildman–Crippen MR) is 99.6 cm³/mol. The lowest BCUT2D eigenvalue weighted by atomic mass is 9.92. The number of fused-ring (bicyclic) bond motifs is 1. The van der Waals surface area contributed by atoms with Crippen molar-refractivity contribution in [2.24, 2.45) is 5.92 Å².